The summed E-state index contributed by atoms with van der Waals surface area (Å²) in [7, 11) is 0. The van der Waals surface area contributed by atoms with E-state index in [1.54, 1.807) is 72.8 Å². The van der Waals surface area contributed by atoms with Crippen LogP contribution >= 0.6 is 0 Å². The molecule has 4 amide bonds. The predicted molar refractivity (Wildman–Crippen MR) is 204 cm³/mol. The van der Waals surface area contributed by atoms with Crippen molar-refractivity contribution in [1.29, 1.82) is 0 Å². The summed E-state index contributed by atoms with van der Waals surface area (Å²) in [6.45, 7) is -0.362. The van der Waals surface area contributed by atoms with Crippen molar-refractivity contribution in [3.8, 4) is 0 Å². The Morgan fingerprint density at radius 3 is 1.46 bits per heavy atom. The molecule has 4 rings (SSSR count). The molecule has 0 heterocycles. The highest BCUT2D eigenvalue weighted by molar-refractivity contribution is 5.93. The summed E-state index contributed by atoms with van der Waals surface area (Å²) in [5.41, 5.74) is 3.03. The van der Waals surface area contributed by atoms with Crippen molar-refractivity contribution < 1.29 is 47.7 Å². The Morgan fingerprint density at radius 1 is 0.482 bits per heavy atom. The van der Waals surface area contributed by atoms with E-state index in [2.05, 4.69) is 21.3 Å². The standard InChI is InChI=1S/C42H46N4O10/c47-37(26-44-39(49)36(25-38(48)53-27-31-15-5-1-6-16-31)46-42(52)56-30-34-21-11-4-12-22-34)45-35(40(50)54-28-32-17-7-2-8-18-32)23-13-14-24-43-41(51)55-29-33-19-9-3-10-20-33/h1-12,15-22,35-36H,13-14,23-30H2,(H,43,51)(H,44,49)(H,45,47)(H,46,52)/t35-,36-/m0/s1. The Morgan fingerprint density at radius 2 is 0.946 bits per heavy atom. The smallest absolute Gasteiger partial charge is 0.408 e. The summed E-state index contributed by atoms with van der Waals surface area (Å²) in [4.78, 5) is 77.0. The third-order valence-corrected chi connectivity index (χ3v) is 8.10. The Labute approximate surface area is 325 Å². The quantitative estimate of drug-likeness (QED) is 0.0519. The second-order valence-electron chi connectivity index (χ2n) is 12.5. The maximum absolute atomic E-state index is 13.3. The minimum absolute atomic E-state index is 0.0221. The molecule has 0 saturated carbocycles. The zero-order valence-corrected chi connectivity index (χ0v) is 30.9. The molecule has 14 heteroatoms. The van der Waals surface area contributed by atoms with Crippen LogP contribution in [-0.4, -0.2) is 61.1 Å². The van der Waals surface area contributed by atoms with Gasteiger partial charge in [-0.3, -0.25) is 14.4 Å². The van der Waals surface area contributed by atoms with Crippen LogP contribution < -0.4 is 21.3 Å². The molecule has 56 heavy (non-hydrogen) atoms. The Kier molecular flexibility index (Phi) is 17.9. The molecule has 294 valence electrons. The first-order valence-corrected chi connectivity index (χ1v) is 18.1. The first-order valence-electron chi connectivity index (χ1n) is 18.1. The maximum Gasteiger partial charge on any atom is 0.408 e. The number of ether oxygens (including phenoxy) is 4. The molecule has 0 radical (unpaired) electrons. The van der Waals surface area contributed by atoms with E-state index < -0.39 is 61.0 Å². The summed E-state index contributed by atoms with van der Waals surface area (Å²) < 4.78 is 21.2. The summed E-state index contributed by atoms with van der Waals surface area (Å²) >= 11 is 0. The molecule has 0 aliphatic carbocycles. The number of benzene rings is 4. The van der Waals surface area contributed by atoms with Gasteiger partial charge in [-0.2, -0.15) is 0 Å². The van der Waals surface area contributed by atoms with Crippen LogP contribution in [0.2, 0.25) is 0 Å². The molecule has 0 unspecified atom stereocenters. The number of carbonyl (C=O) groups excluding carboxylic acids is 6. The van der Waals surface area contributed by atoms with Gasteiger partial charge in [-0.25, -0.2) is 14.4 Å². The zero-order chi connectivity index (χ0) is 39.8. The Bertz CT molecular complexity index is 1770. The Balaban J connectivity index is 1.29. The number of esters is 2. The van der Waals surface area contributed by atoms with Gasteiger partial charge in [0, 0.05) is 6.54 Å². The molecule has 0 bridgehead atoms. The van der Waals surface area contributed by atoms with E-state index in [9.17, 15) is 28.8 Å². The molecule has 2 atom stereocenters. The van der Waals surface area contributed by atoms with Crippen molar-refractivity contribution in [1.82, 2.24) is 21.3 Å². The van der Waals surface area contributed by atoms with Crippen LogP contribution in [0.25, 0.3) is 0 Å². The van der Waals surface area contributed by atoms with Gasteiger partial charge in [-0.1, -0.05) is 121 Å². The van der Waals surface area contributed by atoms with Crippen LogP contribution in [0.15, 0.2) is 121 Å². The van der Waals surface area contributed by atoms with Crippen molar-refractivity contribution in [2.75, 3.05) is 13.1 Å². The van der Waals surface area contributed by atoms with Gasteiger partial charge in [-0.15, -0.1) is 0 Å². The van der Waals surface area contributed by atoms with Gasteiger partial charge in [0.1, 0.15) is 38.5 Å². The van der Waals surface area contributed by atoms with E-state index in [1.807, 2.05) is 48.5 Å². The highest BCUT2D eigenvalue weighted by atomic mass is 16.6. The second-order valence-corrected chi connectivity index (χ2v) is 12.5. The lowest BCUT2D eigenvalue weighted by Crippen LogP contribution is -2.51. The number of hydrogen-bond acceptors (Lipinski definition) is 10. The number of alkyl carbamates (subject to hydrolysis) is 2. The van der Waals surface area contributed by atoms with Crippen LogP contribution in [0, 0.1) is 0 Å². The van der Waals surface area contributed by atoms with Gasteiger partial charge in [0.15, 0.2) is 0 Å². The first kappa shape index (κ1) is 42.0. The Hall–Kier alpha value is -6.70. The molecule has 0 spiro atoms. The van der Waals surface area contributed by atoms with Crippen molar-refractivity contribution in [2.24, 2.45) is 0 Å². The minimum atomic E-state index is -1.45. The molecule has 0 saturated heterocycles. The van der Waals surface area contributed by atoms with Gasteiger partial charge in [0.05, 0.1) is 13.0 Å². The van der Waals surface area contributed by atoms with Gasteiger partial charge < -0.3 is 40.2 Å². The largest absolute Gasteiger partial charge is 0.461 e. The molecule has 4 N–H and O–H groups in total. The number of nitrogens with one attached hydrogen (secondary N) is 4. The summed E-state index contributed by atoms with van der Waals surface area (Å²) in [6.07, 6.45) is -1.06. The lowest BCUT2D eigenvalue weighted by Gasteiger charge is -2.20. The average Bonchev–Trinajstić information content (AvgIpc) is 3.23. The number of rotatable bonds is 21. The van der Waals surface area contributed by atoms with Gasteiger partial charge >= 0.3 is 24.1 Å². The fraction of sp³-hybridized carbons (Fsp3) is 0.286. The van der Waals surface area contributed by atoms with E-state index >= 15 is 0 Å². The lowest BCUT2D eigenvalue weighted by molar-refractivity contribution is -0.149. The third-order valence-electron chi connectivity index (χ3n) is 8.10. The predicted octanol–water partition coefficient (Wildman–Crippen LogP) is 4.86. The first-order chi connectivity index (χ1) is 27.2. The van der Waals surface area contributed by atoms with E-state index in [-0.39, 0.29) is 39.4 Å². The second kappa shape index (κ2) is 23.9. The number of amides is 4. The average molecular weight is 767 g/mol. The number of hydrogen-bond donors (Lipinski definition) is 4. The van der Waals surface area contributed by atoms with Crippen molar-refractivity contribution in [3.05, 3.63) is 144 Å². The van der Waals surface area contributed by atoms with E-state index in [0.29, 0.717) is 18.4 Å². The van der Waals surface area contributed by atoms with Crippen LogP contribution in [0.1, 0.15) is 47.9 Å². The zero-order valence-electron chi connectivity index (χ0n) is 30.9. The number of unbranched alkanes of at least 4 members (excludes halogenated alkanes) is 1. The normalized spacial score (nSPS) is 11.5. The number of carbonyl (C=O) groups is 6. The minimum Gasteiger partial charge on any atom is -0.461 e. The maximum atomic E-state index is 13.3. The fourth-order valence-electron chi connectivity index (χ4n) is 5.13. The third kappa shape index (κ3) is 16.5. The van der Waals surface area contributed by atoms with Crippen molar-refractivity contribution in [3.63, 3.8) is 0 Å². The molecule has 4 aromatic rings. The van der Waals surface area contributed by atoms with E-state index in [1.165, 1.54) is 0 Å². The summed E-state index contributed by atoms with van der Waals surface area (Å²) in [6, 6.07) is 33.5. The summed E-state index contributed by atoms with van der Waals surface area (Å²) in [5, 5.41) is 10.1. The van der Waals surface area contributed by atoms with Crippen LogP contribution in [-0.2, 0) is 64.6 Å². The summed E-state index contributed by atoms with van der Waals surface area (Å²) in [5.74, 6) is -3.05. The highest BCUT2D eigenvalue weighted by Crippen LogP contribution is 2.09. The monoisotopic (exact) mass is 766 g/mol. The fourth-order valence-corrected chi connectivity index (χ4v) is 5.13. The molecular formula is C42H46N4O10. The van der Waals surface area contributed by atoms with Gasteiger partial charge in [0.25, 0.3) is 0 Å². The van der Waals surface area contributed by atoms with Gasteiger partial charge in [-0.05, 0) is 41.5 Å². The molecule has 0 aliphatic heterocycles. The van der Waals surface area contributed by atoms with Crippen LogP contribution in [0.5, 0.6) is 0 Å². The van der Waals surface area contributed by atoms with Gasteiger partial charge in [0.2, 0.25) is 11.8 Å². The lowest BCUT2D eigenvalue weighted by atomic mass is 10.1. The molecule has 4 aromatic carbocycles. The molecule has 0 aliphatic rings. The molecular weight excluding hydrogens is 720 g/mol. The SMILES string of the molecule is O=C(CNC(=O)[C@H](CC(=O)OCc1ccccc1)NC(=O)OCc1ccccc1)N[C@@H](CCCCNC(=O)OCc1ccccc1)C(=O)OCc1ccccc1. The van der Waals surface area contributed by atoms with E-state index in [4.69, 9.17) is 18.9 Å². The van der Waals surface area contributed by atoms with Crippen LogP contribution in [0.4, 0.5) is 9.59 Å². The highest BCUT2D eigenvalue weighted by Gasteiger charge is 2.27. The van der Waals surface area contributed by atoms with Crippen molar-refractivity contribution in [2.45, 2.75) is 64.2 Å². The van der Waals surface area contributed by atoms with E-state index in [0.717, 1.165) is 16.7 Å². The topological polar surface area (TPSA) is 187 Å². The molecule has 0 fully saturated rings. The van der Waals surface area contributed by atoms with Crippen LogP contribution in [0.3, 0.4) is 0 Å². The molecule has 14 nitrogen and oxygen atoms in total. The molecule has 0 aromatic heterocycles. The van der Waals surface area contributed by atoms with Crippen molar-refractivity contribution >= 4 is 35.9 Å².